The number of nitrogens with one attached hydrogen (secondary N) is 1. The number of rotatable bonds is 7. The molecular formula is C23H24N2O4. The third kappa shape index (κ3) is 3.78. The van der Waals surface area contributed by atoms with E-state index in [4.69, 9.17) is 14.2 Å². The number of hydrogen-bond acceptors (Lipinski definition) is 4. The van der Waals surface area contributed by atoms with Gasteiger partial charge in [0.1, 0.15) is 11.4 Å². The molecule has 0 radical (unpaired) electrons. The summed E-state index contributed by atoms with van der Waals surface area (Å²) in [7, 11) is 0. The average Bonchev–Trinajstić information content (AvgIpc) is 3.35. The minimum atomic E-state index is -0.134. The molecule has 0 atom stereocenters. The van der Waals surface area contributed by atoms with Crippen LogP contribution in [0.15, 0.2) is 54.6 Å². The summed E-state index contributed by atoms with van der Waals surface area (Å²) in [5.41, 5.74) is 2.53. The lowest BCUT2D eigenvalue weighted by atomic mass is 10.2. The fourth-order valence-electron chi connectivity index (χ4n) is 3.46. The number of amides is 1. The van der Waals surface area contributed by atoms with Crippen LogP contribution >= 0.6 is 0 Å². The van der Waals surface area contributed by atoms with E-state index >= 15 is 0 Å². The fourth-order valence-corrected chi connectivity index (χ4v) is 3.46. The first-order valence-corrected chi connectivity index (χ1v) is 9.74. The molecule has 150 valence electrons. The summed E-state index contributed by atoms with van der Waals surface area (Å²) >= 11 is 0. The lowest BCUT2D eigenvalue weighted by molar-refractivity contribution is 0.0942. The molecule has 29 heavy (non-hydrogen) atoms. The van der Waals surface area contributed by atoms with Crippen LogP contribution in [0, 0.1) is 0 Å². The topological polar surface area (TPSA) is 61.7 Å². The van der Waals surface area contributed by atoms with Gasteiger partial charge in [-0.2, -0.15) is 0 Å². The van der Waals surface area contributed by atoms with Crippen molar-refractivity contribution < 1.29 is 19.0 Å². The second kappa shape index (κ2) is 8.31. The molecule has 0 aliphatic carbocycles. The van der Waals surface area contributed by atoms with Gasteiger partial charge in [0.05, 0.1) is 12.1 Å². The minimum absolute atomic E-state index is 0.134. The van der Waals surface area contributed by atoms with Crippen molar-refractivity contribution in [2.24, 2.45) is 0 Å². The van der Waals surface area contributed by atoms with Gasteiger partial charge in [-0.3, -0.25) is 4.79 Å². The maximum atomic E-state index is 13.0. The molecule has 6 heteroatoms. The molecule has 4 rings (SSSR count). The van der Waals surface area contributed by atoms with Gasteiger partial charge in [-0.15, -0.1) is 0 Å². The summed E-state index contributed by atoms with van der Waals surface area (Å²) < 4.78 is 18.5. The Morgan fingerprint density at radius 1 is 1.21 bits per heavy atom. The van der Waals surface area contributed by atoms with Gasteiger partial charge in [-0.1, -0.05) is 24.3 Å². The highest BCUT2D eigenvalue weighted by molar-refractivity contribution is 6.00. The number of ether oxygens (including phenoxy) is 3. The molecule has 0 spiro atoms. The van der Waals surface area contributed by atoms with Crippen molar-refractivity contribution in [2.45, 2.75) is 26.9 Å². The smallest absolute Gasteiger partial charge is 0.268 e. The highest BCUT2D eigenvalue weighted by Gasteiger charge is 2.18. The summed E-state index contributed by atoms with van der Waals surface area (Å²) in [5.74, 6) is 2.09. The van der Waals surface area contributed by atoms with E-state index in [1.54, 1.807) is 0 Å². The van der Waals surface area contributed by atoms with Crippen molar-refractivity contribution in [3.63, 3.8) is 0 Å². The second-order valence-electron chi connectivity index (χ2n) is 6.70. The van der Waals surface area contributed by atoms with Gasteiger partial charge in [0.2, 0.25) is 6.79 Å². The van der Waals surface area contributed by atoms with Gasteiger partial charge in [-0.25, -0.2) is 0 Å². The van der Waals surface area contributed by atoms with Gasteiger partial charge < -0.3 is 24.1 Å². The van der Waals surface area contributed by atoms with E-state index in [9.17, 15) is 4.79 Å². The number of benzene rings is 2. The molecule has 1 aliphatic rings. The van der Waals surface area contributed by atoms with E-state index < -0.39 is 0 Å². The predicted octanol–water partition coefficient (Wildman–Crippen LogP) is 4.27. The molecule has 1 amide bonds. The van der Waals surface area contributed by atoms with E-state index in [1.165, 1.54) is 0 Å². The number of carbonyl (C=O) groups is 1. The van der Waals surface area contributed by atoms with Crippen LogP contribution in [0.25, 0.3) is 10.9 Å². The zero-order valence-corrected chi connectivity index (χ0v) is 16.6. The fraction of sp³-hybridized carbons (Fsp3) is 0.261. The number of allylic oxidation sites excluding steroid dienone is 2. The molecule has 0 saturated heterocycles. The van der Waals surface area contributed by atoms with Crippen LogP contribution in [0.3, 0.4) is 0 Å². The Balaban J connectivity index is 1.61. The van der Waals surface area contributed by atoms with Gasteiger partial charge in [0.15, 0.2) is 11.5 Å². The summed E-state index contributed by atoms with van der Waals surface area (Å²) in [6.45, 7) is 5.75. The molecule has 3 aromatic rings. The largest absolute Gasteiger partial charge is 0.493 e. The average molecular weight is 392 g/mol. The summed E-state index contributed by atoms with van der Waals surface area (Å²) in [6.07, 6.45) is 4.01. The minimum Gasteiger partial charge on any atom is -0.493 e. The van der Waals surface area contributed by atoms with Crippen LogP contribution in [-0.4, -0.2) is 23.9 Å². The van der Waals surface area contributed by atoms with Crippen LogP contribution in [0.5, 0.6) is 17.2 Å². The number of carbonyl (C=O) groups excluding carboxylic acids is 1. The third-order valence-corrected chi connectivity index (χ3v) is 4.85. The zero-order chi connectivity index (χ0) is 20.2. The standard InChI is InChI=1S/C23H24N2O4/c1-3-5-11-25-18-7-6-8-20(27-4-2)17(18)13-19(25)23(26)24-14-16-9-10-21-22(12-16)29-15-28-21/h3,5-10,12-13H,4,11,14-15H2,1-2H3,(H,24,26). The summed E-state index contributed by atoms with van der Waals surface area (Å²) in [4.78, 5) is 13.0. The van der Waals surface area contributed by atoms with Crippen LogP contribution in [0.4, 0.5) is 0 Å². The van der Waals surface area contributed by atoms with E-state index in [2.05, 4.69) is 5.32 Å². The predicted molar refractivity (Wildman–Crippen MR) is 112 cm³/mol. The summed E-state index contributed by atoms with van der Waals surface area (Å²) in [5, 5.41) is 3.95. The van der Waals surface area contributed by atoms with Crippen molar-refractivity contribution in [3.8, 4) is 17.2 Å². The van der Waals surface area contributed by atoms with Crippen LogP contribution in [0.1, 0.15) is 29.9 Å². The van der Waals surface area contributed by atoms with Crippen LogP contribution in [0.2, 0.25) is 0 Å². The molecule has 0 fully saturated rings. The van der Waals surface area contributed by atoms with Crippen molar-refractivity contribution >= 4 is 16.8 Å². The van der Waals surface area contributed by atoms with Gasteiger partial charge in [-0.05, 0) is 49.7 Å². The Hall–Kier alpha value is -3.41. The van der Waals surface area contributed by atoms with Crippen molar-refractivity contribution in [1.82, 2.24) is 9.88 Å². The molecule has 6 nitrogen and oxygen atoms in total. The molecule has 1 aromatic heterocycles. The first-order chi connectivity index (χ1) is 14.2. The number of aromatic nitrogens is 1. The van der Waals surface area contributed by atoms with Crippen molar-refractivity contribution in [3.05, 3.63) is 65.9 Å². The summed E-state index contributed by atoms with van der Waals surface area (Å²) in [6, 6.07) is 13.5. The zero-order valence-electron chi connectivity index (χ0n) is 16.6. The Bertz CT molecular complexity index is 1070. The van der Waals surface area contributed by atoms with Crippen LogP contribution < -0.4 is 19.5 Å². The maximum Gasteiger partial charge on any atom is 0.268 e. The van der Waals surface area contributed by atoms with Crippen molar-refractivity contribution in [1.29, 1.82) is 0 Å². The quantitative estimate of drug-likeness (QED) is 0.610. The molecule has 2 heterocycles. The molecule has 0 saturated carbocycles. The Morgan fingerprint density at radius 2 is 2.07 bits per heavy atom. The monoisotopic (exact) mass is 392 g/mol. The molecule has 2 aromatic carbocycles. The normalized spacial score (nSPS) is 12.6. The second-order valence-corrected chi connectivity index (χ2v) is 6.70. The third-order valence-electron chi connectivity index (χ3n) is 4.85. The molecular weight excluding hydrogens is 368 g/mol. The van der Waals surface area contributed by atoms with Gasteiger partial charge >= 0.3 is 0 Å². The molecule has 1 aliphatic heterocycles. The first-order valence-electron chi connectivity index (χ1n) is 9.74. The highest BCUT2D eigenvalue weighted by Crippen LogP contribution is 2.32. The lowest BCUT2D eigenvalue weighted by Gasteiger charge is -2.10. The van der Waals surface area contributed by atoms with E-state index in [0.717, 1.165) is 28.0 Å². The maximum absolute atomic E-state index is 13.0. The Kier molecular flexibility index (Phi) is 5.42. The van der Waals surface area contributed by atoms with Gasteiger partial charge in [0.25, 0.3) is 5.91 Å². The van der Waals surface area contributed by atoms with E-state index in [-0.39, 0.29) is 12.7 Å². The SMILES string of the molecule is CC=CCn1c(C(=O)NCc2ccc3c(c2)OCO3)cc2c(OCC)cccc21. The highest BCUT2D eigenvalue weighted by atomic mass is 16.7. The van der Waals surface area contributed by atoms with Gasteiger partial charge in [0, 0.05) is 18.5 Å². The number of hydrogen-bond donors (Lipinski definition) is 1. The van der Waals surface area contributed by atoms with E-state index in [0.29, 0.717) is 31.1 Å². The first kappa shape index (κ1) is 18.9. The van der Waals surface area contributed by atoms with Crippen LogP contribution in [-0.2, 0) is 13.1 Å². The Labute approximate surface area is 169 Å². The molecule has 0 unspecified atom stereocenters. The molecule has 0 bridgehead atoms. The lowest BCUT2D eigenvalue weighted by Crippen LogP contribution is -2.25. The number of nitrogens with zero attached hydrogens (tertiary/aromatic N) is 1. The molecule has 1 N–H and O–H groups in total. The number of fused-ring (bicyclic) bond motifs is 2. The Morgan fingerprint density at radius 3 is 2.90 bits per heavy atom. The van der Waals surface area contributed by atoms with Crippen molar-refractivity contribution in [2.75, 3.05) is 13.4 Å². The van der Waals surface area contributed by atoms with E-state index in [1.807, 2.05) is 73.0 Å².